The summed E-state index contributed by atoms with van der Waals surface area (Å²) >= 11 is 1.78. The summed E-state index contributed by atoms with van der Waals surface area (Å²) in [5.74, 6) is 0.864. The summed E-state index contributed by atoms with van der Waals surface area (Å²) in [6.07, 6.45) is 0. The smallest absolute Gasteiger partial charge is 0.191 e. The fraction of sp³-hybridized carbons (Fsp3) is 0.421. The largest absolute Gasteiger partial charge is 0.357 e. The molecule has 0 saturated carbocycles. The zero-order chi connectivity index (χ0) is 17.4. The third-order valence-electron chi connectivity index (χ3n) is 3.64. The summed E-state index contributed by atoms with van der Waals surface area (Å²) in [4.78, 5) is 8.25. The van der Waals surface area contributed by atoms with Gasteiger partial charge in [0.25, 0.3) is 0 Å². The first-order valence-corrected chi connectivity index (χ1v) is 9.24. The summed E-state index contributed by atoms with van der Waals surface area (Å²) in [7, 11) is 4.18. The van der Waals surface area contributed by atoms with Crippen molar-refractivity contribution in [1.82, 2.24) is 15.5 Å². The maximum Gasteiger partial charge on any atom is 0.191 e. The maximum absolute atomic E-state index is 4.72. The highest BCUT2D eigenvalue weighted by Crippen LogP contribution is 2.14. The quantitative estimate of drug-likeness (QED) is 0.597. The van der Waals surface area contributed by atoms with Gasteiger partial charge in [0.15, 0.2) is 5.96 Å². The van der Waals surface area contributed by atoms with Gasteiger partial charge in [-0.1, -0.05) is 24.3 Å². The van der Waals surface area contributed by atoms with E-state index in [1.165, 1.54) is 21.6 Å². The van der Waals surface area contributed by atoms with E-state index < -0.39 is 0 Å². The van der Waals surface area contributed by atoms with Crippen molar-refractivity contribution in [2.45, 2.75) is 33.5 Å². The van der Waals surface area contributed by atoms with Crippen LogP contribution in [-0.2, 0) is 19.6 Å². The Kier molecular flexibility index (Phi) is 7.28. The molecule has 0 aliphatic heterocycles. The molecule has 4 nitrogen and oxygen atoms in total. The van der Waals surface area contributed by atoms with Gasteiger partial charge in [-0.3, -0.25) is 0 Å². The Labute approximate surface area is 149 Å². The molecule has 0 unspecified atom stereocenters. The predicted molar refractivity (Wildman–Crippen MR) is 105 cm³/mol. The molecule has 2 rings (SSSR count). The number of benzene rings is 1. The zero-order valence-electron chi connectivity index (χ0n) is 15.1. The minimum Gasteiger partial charge on any atom is -0.357 e. The topological polar surface area (TPSA) is 39.7 Å². The third kappa shape index (κ3) is 5.98. The molecule has 0 aliphatic rings. The first-order chi connectivity index (χ1) is 11.6. The van der Waals surface area contributed by atoms with Crippen LogP contribution in [0.5, 0.6) is 0 Å². The van der Waals surface area contributed by atoms with Crippen LogP contribution in [-0.4, -0.2) is 31.5 Å². The average molecular weight is 345 g/mol. The number of aryl methyl sites for hydroxylation is 1. The highest BCUT2D eigenvalue weighted by Gasteiger charge is 2.03. The molecule has 2 N–H and O–H groups in total. The number of hydrogen-bond donors (Lipinski definition) is 2. The van der Waals surface area contributed by atoms with Gasteiger partial charge < -0.3 is 15.5 Å². The molecule has 0 radical (unpaired) electrons. The van der Waals surface area contributed by atoms with Gasteiger partial charge in [0.1, 0.15) is 0 Å². The number of rotatable bonds is 7. The minimum atomic E-state index is 0.681. The molecule has 1 heterocycles. The van der Waals surface area contributed by atoms with E-state index >= 15 is 0 Å². The molecule has 2 aromatic rings. The van der Waals surface area contributed by atoms with Gasteiger partial charge in [-0.2, -0.15) is 0 Å². The standard InChI is InChI=1S/C19H28N4S/c1-5-20-19(22-13-18-15(2)9-10-24-18)21-12-16-7-6-8-17(11-16)14-23(3)4/h6-11H,5,12-14H2,1-4H3,(H2,20,21,22). The van der Waals surface area contributed by atoms with Gasteiger partial charge in [0.05, 0.1) is 13.1 Å². The molecule has 0 bridgehead atoms. The first kappa shape index (κ1) is 18.5. The molecule has 0 amide bonds. The summed E-state index contributed by atoms with van der Waals surface area (Å²) in [6, 6.07) is 10.8. The van der Waals surface area contributed by atoms with Crippen molar-refractivity contribution in [3.8, 4) is 0 Å². The van der Waals surface area contributed by atoms with Crippen molar-refractivity contribution in [2.75, 3.05) is 20.6 Å². The van der Waals surface area contributed by atoms with Crippen LogP contribution in [0.2, 0.25) is 0 Å². The van der Waals surface area contributed by atoms with Crippen molar-refractivity contribution in [2.24, 2.45) is 4.99 Å². The Bertz CT molecular complexity index is 661. The lowest BCUT2D eigenvalue weighted by molar-refractivity contribution is 0.402. The number of hydrogen-bond acceptors (Lipinski definition) is 3. The third-order valence-corrected chi connectivity index (χ3v) is 4.66. The van der Waals surface area contributed by atoms with E-state index in [0.29, 0.717) is 6.54 Å². The van der Waals surface area contributed by atoms with Crippen LogP contribution in [0.1, 0.15) is 28.5 Å². The Balaban J connectivity index is 1.98. The average Bonchev–Trinajstić information content (AvgIpc) is 2.95. The summed E-state index contributed by atoms with van der Waals surface area (Å²) in [6.45, 7) is 7.54. The van der Waals surface area contributed by atoms with Crippen LogP contribution in [0.15, 0.2) is 40.7 Å². The minimum absolute atomic E-state index is 0.681. The molecule has 0 atom stereocenters. The van der Waals surface area contributed by atoms with Gasteiger partial charge in [-0.25, -0.2) is 4.99 Å². The van der Waals surface area contributed by atoms with E-state index in [1.807, 2.05) is 0 Å². The number of thiophene rings is 1. The summed E-state index contributed by atoms with van der Waals surface area (Å²) in [5, 5.41) is 8.87. The molecule has 24 heavy (non-hydrogen) atoms. The van der Waals surface area contributed by atoms with E-state index in [2.05, 4.69) is 79.2 Å². The molecular formula is C19H28N4S. The highest BCUT2D eigenvalue weighted by molar-refractivity contribution is 7.10. The van der Waals surface area contributed by atoms with Crippen molar-refractivity contribution >= 4 is 17.3 Å². The van der Waals surface area contributed by atoms with Crippen molar-refractivity contribution in [1.29, 1.82) is 0 Å². The highest BCUT2D eigenvalue weighted by atomic mass is 32.1. The van der Waals surface area contributed by atoms with Crippen molar-refractivity contribution in [3.05, 3.63) is 57.3 Å². The monoisotopic (exact) mass is 344 g/mol. The number of nitrogens with zero attached hydrogens (tertiary/aromatic N) is 2. The zero-order valence-corrected chi connectivity index (χ0v) is 15.9. The fourth-order valence-corrected chi connectivity index (χ4v) is 3.30. The van der Waals surface area contributed by atoms with Crippen LogP contribution in [0.3, 0.4) is 0 Å². The van der Waals surface area contributed by atoms with Crippen LogP contribution in [0.25, 0.3) is 0 Å². The number of aliphatic imine (C=N–C) groups is 1. The second-order valence-corrected chi connectivity index (χ2v) is 7.13. The fourth-order valence-electron chi connectivity index (χ4n) is 2.45. The number of guanidine groups is 1. The molecule has 0 fully saturated rings. The van der Waals surface area contributed by atoms with Gasteiger partial charge >= 0.3 is 0 Å². The molecule has 0 spiro atoms. The summed E-state index contributed by atoms with van der Waals surface area (Å²) < 4.78 is 0. The summed E-state index contributed by atoms with van der Waals surface area (Å²) in [5.41, 5.74) is 3.89. The molecule has 1 aromatic heterocycles. The van der Waals surface area contributed by atoms with Crippen LogP contribution in [0, 0.1) is 6.92 Å². The van der Waals surface area contributed by atoms with Gasteiger partial charge in [-0.15, -0.1) is 11.3 Å². The lowest BCUT2D eigenvalue weighted by atomic mass is 10.1. The Morgan fingerprint density at radius 3 is 2.62 bits per heavy atom. The lowest BCUT2D eigenvalue weighted by Gasteiger charge is -2.12. The van der Waals surface area contributed by atoms with Crippen LogP contribution < -0.4 is 10.6 Å². The molecule has 1 aromatic carbocycles. The van der Waals surface area contributed by atoms with Gasteiger partial charge in [0.2, 0.25) is 0 Å². The van der Waals surface area contributed by atoms with E-state index in [-0.39, 0.29) is 0 Å². The lowest BCUT2D eigenvalue weighted by Crippen LogP contribution is -2.36. The predicted octanol–water partition coefficient (Wildman–Crippen LogP) is 3.37. The SMILES string of the molecule is CCNC(=NCc1cccc(CN(C)C)c1)NCc1sccc1C. The maximum atomic E-state index is 4.72. The molecule has 0 aliphatic carbocycles. The Hall–Kier alpha value is -1.85. The molecule has 5 heteroatoms. The first-order valence-electron chi connectivity index (χ1n) is 8.36. The molecular weight excluding hydrogens is 316 g/mol. The Morgan fingerprint density at radius 1 is 1.17 bits per heavy atom. The van der Waals surface area contributed by atoms with Gasteiger partial charge in [0, 0.05) is 18.0 Å². The molecule has 0 saturated heterocycles. The van der Waals surface area contributed by atoms with Crippen molar-refractivity contribution < 1.29 is 0 Å². The second-order valence-electron chi connectivity index (χ2n) is 6.13. The Morgan fingerprint density at radius 2 is 1.96 bits per heavy atom. The van der Waals surface area contributed by atoms with E-state index in [1.54, 1.807) is 11.3 Å². The van der Waals surface area contributed by atoms with E-state index in [0.717, 1.165) is 25.6 Å². The normalized spacial score (nSPS) is 11.8. The van der Waals surface area contributed by atoms with E-state index in [4.69, 9.17) is 4.99 Å². The second kappa shape index (κ2) is 9.45. The van der Waals surface area contributed by atoms with E-state index in [9.17, 15) is 0 Å². The van der Waals surface area contributed by atoms with Crippen LogP contribution in [0.4, 0.5) is 0 Å². The van der Waals surface area contributed by atoms with Gasteiger partial charge in [-0.05, 0) is 56.1 Å². The van der Waals surface area contributed by atoms with Crippen molar-refractivity contribution in [3.63, 3.8) is 0 Å². The number of nitrogens with one attached hydrogen (secondary N) is 2. The van der Waals surface area contributed by atoms with Crippen LogP contribution >= 0.6 is 11.3 Å². The molecule has 130 valence electrons.